The van der Waals surface area contributed by atoms with Crippen LogP contribution in [0.2, 0.25) is 0 Å². The number of carbonyl (C=O) groups is 1. The van der Waals surface area contributed by atoms with Gasteiger partial charge >= 0.3 is 12.1 Å². The fourth-order valence-electron chi connectivity index (χ4n) is 2.83. The Bertz CT molecular complexity index is 931. The highest BCUT2D eigenvalue weighted by atomic mass is 19.4. The van der Waals surface area contributed by atoms with Gasteiger partial charge in [0, 0.05) is 6.42 Å². The Labute approximate surface area is 166 Å². The first-order valence-electron chi connectivity index (χ1n) is 8.91. The van der Waals surface area contributed by atoms with Crippen molar-refractivity contribution < 1.29 is 27.4 Å². The van der Waals surface area contributed by atoms with Crippen molar-refractivity contribution in [3.05, 3.63) is 102 Å². The van der Waals surface area contributed by atoms with E-state index in [1.807, 2.05) is 36.4 Å². The molecule has 2 aromatic rings. The van der Waals surface area contributed by atoms with E-state index < -0.39 is 23.5 Å². The van der Waals surface area contributed by atoms with Gasteiger partial charge in [-0.05, 0) is 22.8 Å². The van der Waals surface area contributed by atoms with Gasteiger partial charge in [-0.25, -0.2) is 4.79 Å². The lowest BCUT2D eigenvalue weighted by molar-refractivity contribution is -0.178. The molecule has 0 saturated carbocycles. The van der Waals surface area contributed by atoms with Crippen molar-refractivity contribution in [3.63, 3.8) is 0 Å². The summed E-state index contributed by atoms with van der Waals surface area (Å²) in [7, 11) is 0. The van der Waals surface area contributed by atoms with Crippen LogP contribution in [0.1, 0.15) is 17.5 Å². The van der Waals surface area contributed by atoms with E-state index >= 15 is 0 Å². The predicted molar refractivity (Wildman–Crippen MR) is 103 cm³/mol. The zero-order valence-electron chi connectivity index (χ0n) is 15.5. The maximum atomic E-state index is 12.8. The molecule has 1 aliphatic carbocycles. The monoisotopic (exact) mass is 400 g/mol. The van der Waals surface area contributed by atoms with E-state index in [0.29, 0.717) is 0 Å². The van der Waals surface area contributed by atoms with Crippen molar-refractivity contribution in [2.24, 2.45) is 0 Å². The number of halogens is 3. The van der Waals surface area contributed by atoms with Crippen LogP contribution in [0.25, 0.3) is 5.57 Å². The predicted octanol–water partition coefficient (Wildman–Crippen LogP) is 5.60. The molecule has 0 radical (unpaired) electrons. The maximum absolute atomic E-state index is 12.8. The lowest BCUT2D eigenvalue weighted by Crippen LogP contribution is -2.42. The fourth-order valence-corrected chi connectivity index (χ4v) is 2.83. The molecule has 0 bridgehead atoms. The molecule has 1 aliphatic rings. The average Bonchev–Trinajstić information content (AvgIpc) is 2.73. The van der Waals surface area contributed by atoms with Crippen molar-refractivity contribution >= 4 is 11.5 Å². The van der Waals surface area contributed by atoms with Gasteiger partial charge in [-0.3, -0.25) is 0 Å². The van der Waals surface area contributed by atoms with Crippen molar-refractivity contribution in [1.82, 2.24) is 0 Å². The number of esters is 1. The molecule has 0 saturated heterocycles. The summed E-state index contributed by atoms with van der Waals surface area (Å²) in [6.45, 7) is 2.84. The van der Waals surface area contributed by atoms with Gasteiger partial charge in [-0.15, -0.1) is 0 Å². The summed E-state index contributed by atoms with van der Waals surface area (Å²) in [4.78, 5) is 12.7. The van der Waals surface area contributed by atoms with E-state index in [9.17, 15) is 18.0 Å². The maximum Gasteiger partial charge on any atom is 0.449 e. The molecule has 0 aliphatic heterocycles. The van der Waals surface area contributed by atoms with Gasteiger partial charge in [-0.1, -0.05) is 79.4 Å². The first-order chi connectivity index (χ1) is 13.8. The lowest BCUT2D eigenvalue weighted by atomic mass is 9.89. The number of hydrogen-bond acceptors (Lipinski definition) is 3. The lowest BCUT2D eigenvalue weighted by Gasteiger charge is -2.30. The van der Waals surface area contributed by atoms with Crippen molar-refractivity contribution in [1.29, 1.82) is 0 Å². The van der Waals surface area contributed by atoms with Crippen LogP contribution >= 0.6 is 0 Å². The highest BCUT2D eigenvalue weighted by Gasteiger charge is 2.44. The first kappa shape index (κ1) is 20.6. The number of benzene rings is 2. The van der Waals surface area contributed by atoms with Crippen molar-refractivity contribution in [3.8, 4) is 0 Å². The summed E-state index contributed by atoms with van der Waals surface area (Å²) < 4.78 is 48.7. The summed E-state index contributed by atoms with van der Waals surface area (Å²) >= 11 is 0. The molecular weight excluding hydrogens is 381 g/mol. The van der Waals surface area contributed by atoms with E-state index in [0.717, 1.165) is 16.7 Å². The number of carbonyl (C=O) groups excluding carboxylic acids is 1. The molecule has 29 heavy (non-hydrogen) atoms. The zero-order chi connectivity index (χ0) is 20.9. The molecule has 3 rings (SSSR count). The molecule has 0 spiro atoms. The largest absolute Gasteiger partial charge is 0.449 e. The smallest absolute Gasteiger partial charge is 0.420 e. The summed E-state index contributed by atoms with van der Waals surface area (Å²) in [5.41, 5.74) is 0.864. The second-order valence-corrected chi connectivity index (χ2v) is 6.54. The van der Waals surface area contributed by atoms with E-state index in [2.05, 4.69) is 11.3 Å². The van der Waals surface area contributed by atoms with E-state index in [1.54, 1.807) is 36.4 Å². The Morgan fingerprint density at radius 2 is 1.66 bits per heavy atom. The molecule has 1 atom stereocenters. The van der Waals surface area contributed by atoms with E-state index in [-0.39, 0.29) is 13.0 Å². The molecular formula is C23H19F3O3. The molecule has 3 nitrogen and oxygen atoms in total. The third-order valence-corrected chi connectivity index (χ3v) is 4.48. The van der Waals surface area contributed by atoms with Gasteiger partial charge in [0.05, 0.1) is 6.61 Å². The number of hydrogen-bond donors (Lipinski definition) is 0. The van der Waals surface area contributed by atoms with Crippen LogP contribution in [0, 0.1) is 0 Å². The Morgan fingerprint density at radius 3 is 2.21 bits per heavy atom. The Hall–Kier alpha value is -3.12. The van der Waals surface area contributed by atoms with Gasteiger partial charge in [0.25, 0.3) is 0 Å². The minimum atomic E-state index is -4.83. The Kier molecular flexibility index (Phi) is 6.03. The molecule has 0 heterocycles. The summed E-state index contributed by atoms with van der Waals surface area (Å²) in [6.07, 6.45) is 0.0495. The minimum Gasteiger partial charge on any atom is -0.420 e. The molecule has 0 N–H and O–H groups in total. The minimum absolute atomic E-state index is 0.0323. The van der Waals surface area contributed by atoms with Crippen LogP contribution in [-0.2, 0) is 20.9 Å². The quantitative estimate of drug-likeness (QED) is 0.467. The van der Waals surface area contributed by atoms with Gasteiger partial charge in [0.2, 0.25) is 5.76 Å². The second-order valence-electron chi connectivity index (χ2n) is 6.54. The Balaban J connectivity index is 1.83. The van der Waals surface area contributed by atoms with Crippen LogP contribution in [0.3, 0.4) is 0 Å². The molecule has 150 valence electrons. The van der Waals surface area contributed by atoms with E-state index in [1.165, 1.54) is 6.08 Å². The van der Waals surface area contributed by atoms with Crippen LogP contribution in [-0.4, -0.2) is 17.7 Å². The molecule has 2 aromatic carbocycles. The fraction of sp³-hybridized carbons (Fsp3) is 0.174. The summed E-state index contributed by atoms with van der Waals surface area (Å²) in [5.74, 6) is -2.73. The van der Waals surface area contributed by atoms with Gasteiger partial charge in [0.15, 0.2) is 5.60 Å². The zero-order valence-corrected chi connectivity index (χ0v) is 15.5. The highest BCUT2D eigenvalue weighted by molar-refractivity contribution is 5.87. The van der Waals surface area contributed by atoms with Crippen molar-refractivity contribution in [2.75, 3.05) is 0 Å². The third kappa shape index (κ3) is 5.03. The molecule has 0 fully saturated rings. The molecule has 6 heteroatoms. The average molecular weight is 400 g/mol. The summed E-state index contributed by atoms with van der Waals surface area (Å²) in [6, 6.07) is 18.5. The van der Waals surface area contributed by atoms with Crippen LogP contribution in [0.5, 0.6) is 0 Å². The number of ether oxygens (including phenoxy) is 2. The van der Waals surface area contributed by atoms with Gasteiger partial charge in [-0.2, -0.15) is 13.2 Å². The van der Waals surface area contributed by atoms with Crippen molar-refractivity contribution in [2.45, 2.75) is 24.8 Å². The number of allylic oxidation sites excluding steroid dienone is 3. The Morgan fingerprint density at radius 1 is 1.03 bits per heavy atom. The van der Waals surface area contributed by atoms with E-state index in [4.69, 9.17) is 4.74 Å². The highest BCUT2D eigenvalue weighted by Crippen LogP contribution is 2.34. The SMILES string of the molecule is C=C(OC(=O)C1(OCc2ccccc2)C=CC(c2ccccc2)=CC1)C(F)(F)F. The molecule has 0 aromatic heterocycles. The third-order valence-electron chi connectivity index (χ3n) is 4.48. The number of rotatable bonds is 6. The second kappa shape index (κ2) is 8.49. The number of alkyl halides is 3. The van der Waals surface area contributed by atoms with Crippen LogP contribution in [0.15, 0.2) is 91.2 Å². The standard InChI is InChI=1S/C23H19F3O3/c1-17(23(24,25)26)29-21(27)22(28-16-18-8-4-2-5-9-18)14-12-20(13-15-22)19-10-6-3-7-11-19/h2-14H,1,15-16H2. The first-order valence-corrected chi connectivity index (χ1v) is 8.91. The molecule has 0 amide bonds. The van der Waals surface area contributed by atoms with Gasteiger partial charge < -0.3 is 9.47 Å². The summed E-state index contributed by atoms with van der Waals surface area (Å²) in [5, 5.41) is 0. The molecule has 1 unspecified atom stereocenters. The van der Waals surface area contributed by atoms with Gasteiger partial charge in [0.1, 0.15) is 0 Å². The topological polar surface area (TPSA) is 35.5 Å². The van der Waals surface area contributed by atoms with Crippen LogP contribution < -0.4 is 0 Å². The van der Waals surface area contributed by atoms with Crippen LogP contribution in [0.4, 0.5) is 13.2 Å². The normalized spacial score (nSPS) is 18.8.